The smallest absolute Gasteiger partial charge is 0.251 e. The lowest BCUT2D eigenvalue weighted by Gasteiger charge is -2.17. The van der Waals surface area contributed by atoms with E-state index in [-0.39, 0.29) is 11.0 Å². The first-order valence-corrected chi connectivity index (χ1v) is 5.54. The zero-order valence-electron chi connectivity index (χ0n) is 10.5. The maximum absolute atomic E-state index is 11.6. The number of H-pyrrole nitrogens is 1. The Kier molecular flexibility index (Phi) is 2.65. The second-order valence-corrected chi connectivity index (χ2v) is 5.12. The van der Waals surface area contributed by atoms with Crippen LogP contribution in [0.2, 0.25) is 0 Å². The molecule has 0 radical (unpaired) electrons. The topological polar surface area (TPSA) is 58.9 Å². The minimum atomic E-state index is -0.152. The summed E-state index contributed by atoms with van der Waals surface area (Å²) >= 11 is 0. The van der Waals surface area contributed by atoms with Crippen LogP contribution in [0, 0.1) is 6.92 Å². The van der Waals surface area contributed by atoms with E-state index in [0.717, 1.165) is 17.0 Å². The van der Waals surface area contributed by atoms with Gasteiger partial charge in [-0.2, -0.15) is 0 Å². The summed E-state index contributed by atoms with van der Waals surface area (Å²) in [7, 11) is 0. The first-order chi connectivity index (χ1) is 7.88. The number of aromatic amines is 1. The van der Waals surface area contributed by atoms with Gasteiger partial charge in [-0.15, -0.1) is 0 Å². The number of aromatic nitrogens is 2. The van der Waals surface area contributed by atoms with Gasteiger partial charge in [0.05, 0.1) is 17.5 Å². The highest BCUT2D eigenvalue weighted by molar-refractivity contribution is 5.56. The molecular weight excluding hydrogens is 216 g/mol. The Morgan fingerprint density at radius 2 is 2.06 bits per heavy atom. The van der Waals surface area contributed by atoms with E-state index in [1.807, 2.05) is 27.7 Å². The highest BCUT2D eigenvalue weighted by Gasteiger charge is 2.18. The van der Waals surface area contributed by atoms with Gasteiger partial charge in [0.2, 0.25) is 0 Å². The number of nitrogens with one attached hydrogen (secondary N) is 1. The second-order valence-electron chi connectivity index (χ2n) is 5.12. The zero-order valence-corrected chi connectivity index (χ0v) is 10.5. The van der Waals surface area contributed by atoms with Crippen molar-refractivity contribution in [3.05, 3.63) is 40.2 Å². The van der Waals surface area contributed by atoms with Gasteiger partial charge in [0.25, 0.3) is 5.56 Å². The van der Waals surface area contributed by atoms with Crippen molar-refractivity contribution in [2.45, 2.75) is 33.1 Å². The quantitative estimate of drug-likeness (QED) is 0.822. The van der Waals surface area contributed by atoms with Crippen molar-refractivity contribution in [1.29, 1.82) is 0 Å². The minimum Gasteiger partial charge on any atom is -0.469 e. The third-order valence-corrected chi connectivity index (χ3v) is 2.62. The Morgan fingerprint density at radius 3 is 2.59 bits per heavy atom. The summed E-state index contributed by atoms with van der Waals surface area (Å²) in [6.45, 7) is 7.93. The molecule has 0 aromatic carbocycles. The Bertz CT molecular complexity index is 588. The Balaban J connectivity index is 2.61. The fourth-order valence-corrected chi connectivity index (χ4v) is 1.60. The number of furan rings is 1. The average molecular weight is 232 g/mol. The monoisotopic (exact) mass is 232 g/mol. The van der Waals surface area contributed by atoms with Crippen LogP contribution in [0.15, 0.2) is 27.6 Å². The number of hydrogen-bond donors (Lipinski definition) is 1. The van der Waals surface area contributed by atoms with Crippen molar-refractivity contribution in [2.75, 3.05) is 0 Å². The van der Waals surface area contributed by atoms with Gasteiger partial charge >= 0.3 is 0 Å². The molecule has 0 aliphatic rings. The molecule has 0 amide bonds. The van der Waals surface area contributed by atoms with E-state index < -0.39 is 0 Å². The van der Waals surface area contributed by atoms with E-state index in [4.69, 9.17) is 4.42 Å². The molecule has 2 aromatic rings. The second kappa shape index (κ2) is 3.87. The summed E-state index contributed by atoms with van der Waals surface area (Å²) in [6, 6.07) is 3.35. The molecule has 17 heavy (non-hydrogen) atoms. The van der Waals surface area contributed by atoms with E-state index >= 15 is 0 Å². The molecule has 0 aliphatic carbocycles. The van der Waals surface area contributed by atoms with Gasteiger partial charge in [0.1, 0.15) is 11.6 Å². The predicted molar refractivity (Wildman–Crippen MR) is 66.0 cm³/mol. The van der Waals surface area contributed by atoms with Gasteiger partial charge in [-0.05, 0) is 13.0 Å². The van der Waals surface area contributed by atoms with Crippen LogP contribution in [0.5, 0.6) is 0 Å². The third kappa shape index (κ3) is 2.30. The Morgan fingerprint density at radius 1 is 1.35 bits per heavy atom. The fraction of sp³-hybridized carbons (Fsp3) is 0.385. The van der Waals surface area contributed by atoms with E-state index in [2.05, 4.69) is 9.97 Å². The number of nitrogens with zero attached hydrogens (tertiary/aromatic N) is 1. The van der Waals surface area contributed by atoms with Gasteiger partial charge < -0.3 is 9.40 Å². The summed E-state index contributed by atoms with van der Waals surface area (Å²) in [5.41, 5.74) is 1.31. The molecule has 0 spiro atoms. The number of hydrogen-bond acceptors (Lipinski definition) is 3. The SMILES string of the molecule is Cc1occc1-c1nc(C(C)(C)C)cc(=O)[nH]1. The lowest BCUT2D eigenvalue weighted by Crippen LogP contribution is -2.19. The Labute approximate surface area is 99.7 Å². The largest absolute Gasteiger partial charge is 0.469 e. The summed E-state index contributed by atoms with van der Waals surface area (Å²) in [4.78, 5) is 18.9. The van der Waals surface area contributed by atoms with Crippen molar-refractivity contribution in [2.24, 2.45) is 0 Å². The molecule has 0 saturated carbocycles. The van der Waals surface area contributed by atoms with Crippen molar-refractivity contribution >= 4 is 0 Å². The van der Waals surface area contributed by atoms with Gasteiger partial charge in [-0.1, -0.05) is 20.8 Å². The molecule has 4 nitrogen and oxygen atoms in total. The molecule has 2 heterocycles. The van der Waals surface area contributed by atoms with Gasteiger partial charge in [-0.3, -0.25) is 4.79 Å². The molecule has 0 saturated heterocycles. The fourth-order valence-electron chi connectivity index (χ4n) is 1.60. The molecule has 2 rings (SSSR count). The third-order valence-electron chi connectivity index (χ3n) is 2.62. The number of aryl methyl sites for hydroxylation is 1. The van der Waals surface area contributed by atoms with E-state index in [0.29, 0.717) is 5.82 Å². The average Bonchev–Trinajstić information content (AvgIpc) is 2.62. The standard InChI is InChI=1S/C13H16N2O2/c1-8-9(5-6-17-8)12-14-10(13(2,3)4)7-11(16)15-12/h5-7H,1-4H3,(H,14,15,16). The molecule has 0 aliphatic heterocycles. The first-order valence-electron chi connectivity index (χ1n) is 5.54. The van der Waals surface area contributed by atoms with Crippen LogP contribution in [0.4, 0.5) is 0 Å². The molecule has 90 valence electrons. The van der Waals surface area contributed by atoms with Crippen LogP contribution >= 0.6 is 0 Å². The van der Waals surface area contributed by atoms with Gasteiger partial charge in [0.15, 0.2) is 0 Å². The lowest BCUT2D eigenvalue weighted by atomic mass is 9.92. The van der Waals surface area contributed by atoms with E-state index in [9.17, 15) is 4.79 Å². The first kappa shape index (κ1) is 11.6. The van der Waals surface area contributed by atoms with Crippen molar-refractivity contribution in [1.82, 2.24) is 9.97 Å². The molecule has 0 unspecified atom stereocenters. The molecule has 0 atom stereocenters. The highest BCUT2D eigenvalue weighted by atomic mass is 16.3. The minimum absolute atomic E-state index is 0.138. The predicted octanol–water partition coefficient (Wildman–Crippen LogP) is 2.64. The van der Waals surface area contributed by atoms with Crippen molar-refractivity contribution in [3.8, 4) is 11.4 Å². The summed E-state index contributed by atoms with van der Waals surface area (Å²) in [6.07, 6.45) is 1.59. The molecule has 4 heteroatoms. The normalized spacial score (nSPS) is 11.8. The Hall–Kier alpha value is -1.84. The molecular formula is C13H16N2O2. The van der Waals surface area contributed by atoms with E-state index in [1.165, 1.54) is 0 Å². The van der Waals surface area contributed by atoms with Crippen LogP contribution in [-0.2, 0) is 5.41 Å². The van der Waals surface area contributed by atoms with E-state index in [1.54, 1.807) is 18.4 Å². The molecule has 0 bridgehead atoms. The highest BCUT2D eigenvalue weighted by Crippen LogP contribution is 2.23. The van der Waals surface area contributed by atoms with Gasteiger partial charge in [0, 0.05) is 11.5 Å². The van der Waals surface area contributed by atoms with Crippen LogP contribution < -0.4 is 5.56 Å². The molecule has 0 fully saturated rings. The molecule has 2 aromatic heterocycles. The van der Waals surface area contributed by atoms with Crippen molar-refractivity contribution in [3.63, 3.8) is 0 Å². The van der Waals surface area contributed by atoms with Crippen LogP contribution in [0.3, 0.4) is 0 Å². The maximum Gasteiger partial charge on any atom is 0.251 e. The van der Waals surface area contributed by atoms with Crippen LogP contribution in [0.1, 0.15) is 32.2 Å². The van der Waals surface area contributed by atoms with Crippen molar-refractivity contribution < 1.29 is 4.42 Å². The molecule has 1 N–H and O–H groups in total. The van der Waals surface area contributed by atoms with Crippen LogP contribution in [0.25, 0.3) is 11.4 Å². The maximum atomic E-state index is 11.6. The van der Waals surface area contributed by atoms with Crippen LogP contribution in [-0.4, -0.2) is 9.97 Å². The lowest BCUT2D eigenvalue weighted by molar-refractivity contribution is 0.534. The summed E-state index contributed by atoms with van der Waals surface area (Å²) < 4.78 is 5.22. The summed E-state index contributed by atoms with van der Waals surface area (Å²) in [5.74, 6) is 1.31. The number of rotatable bonds is 1. The van der Waals surface area contributed by atoms with Gasteiger partial charge in [-0.25, -0.2) is 4.98 Å². The summed E-state index contributed by atoms with van der Waals surface area (Å²) in [5, 5.41) is 0. The zero-order chi connectivity index (χ0) is 12.6.